The molecule has 0 unspecified atom stereocenters. The van der Waals surface area contributed by atoms with Crippen molar-refractivity contribution < 1.29 is 9.53 Å². The molecule has 0 bridgehead atoms. The van der Waals surface area contributed by atoms with E-state index in [1.165, 1.54) is 11.1 Å². The maximum absolute atomic E-state index is 12.7. The molecule has 2 aromatic rings. The molecule has 26 heavy (non-hydrogen) atoms. The summed E-state index contributed by atoms with van der Waals surface area (Å²) >= 11 is 1.97. The molecule has 1 spiro atoms. The quantitative estimate of drug-likeness (QED) is 0.827. The minimum Gasteiger partial charge on any atom is -0.373 e. The molecule has 136 valence electrons. The summed E-state index contributed by atoms with van der Waals surface area (Å²) < 4.78 is 6.27. The van der Waals surface area contributed by atoms with E-state index in [-0.39, 0.29) is 16.8 Å². The first-order valence-corrected chi connectivity index (χ1v) is 10.0. The van der Waals surface area contributed by atoms with E-state index in [1.54, 1.807) is 12.4 Å². The fourth-order valence-electron chi connectivity index (χ4n) is 3.67. The Morgan fingerprint density at radius 3 is 2.73 bits per heavy atom. The van der Waals surface area contributed by atoms with Gasteiger partial charge >= 0.3 is 0 Å². The third-order valence-electron chi connectivity index (χ3n) is 5.41. The topological polar surface area (TPSA) is 42.4 Å². The van der Waals surface area contributed by atoms with Gasteiger partial charge in [-0.05, 0) is 61.2 Å². The summed E-state index contributed by atoms with van der Waals surface area (Å²) in [6, 6.07) is 9.96. The second kappa shape index (κ2) is 7.05. The minimum absolute atomic E-state index is 0.153. The summed E-state index contributed by atoms with van der Waals surface area (Å²) in [7, 11) is 0. The number of aromatic nitrogens is 1. The minimum atomic E-state index is 0.153. The number of rotatable bonds is 4. The molecule has 1 aromatic carbocycles. The molecule has 2 saturated heterocycles. The van der Waals surface area contributed by atoms with Crippen molar-refractivity contribution in [3.63, 3.8) is 0 Å². The fraction of sp³-hybridized carbons (Fsp3) is 0.429. The third-order valence-corrected chi connectivity index (χ3v) is 6.98. The number of hydrogen-bond acceptors (Lipinski definition) is 4. The number of thioether (sulfide) groups is 1. The van der Waals surface area contributed by atoms with Crippen LogP contribution < -0.4 is 0 Å². The smallest absolute Gasteiger partial charge is 0.253 e. The Morgan fingerprint density at radius 1 is 1.23 bits per heavy atom. The number of ether oxygens (including phenoxy) is 1. The van der Waals surface area contributed by atoms with E-state index in [4.69, 9.17) is 4.74 Å². The molecule has 0 aliphatic carbocycles. The second-order valence-corrected chi connectivity index (χ2v) is 8.93. The van der Waals surface area contributed by atoms with Crippen LogP contribution in [0.4, 0.5) is 0 Å². The van der Waals surface area contributed by atoms with Gasteiger partial charge in [0.25, 0.3) is 5.91 Å². The van der Waals surface area contributed by atoms with Crippen molar-refractivity contribution in [3.05, 3.63) is 65.0 Å². The van der Waals surface area contributed by atoms with Gasteiger partial charge in [-0.1, -0.05) is 6.07 Å². The summed E-state index contributed by atoms with van der Waals surface area (Å²) in [6.07, 6.45) is 4.89. The van der Waals surface area contributed by atoms with Gasteiger partial charge in [-0.25, -0.2) is 0 Å². The molecule has 0 radical (unpaired) electrons. The van der Waals surface area contributed by atoms with Crippen LogP contribution in [0.15, 0.2) is 42.7 Å². The van der Waals surface area contributed by atoms with Crippen LogP contribution in [0.1, 0.15) is 33.5 Å². The Balaban J connectivity index is 1.30. The predicted octanol–water partition coefficient (Wildman–Crippen LogP) is 3.62. The molecule has 2 fully saturated rings. The first kappa shape index (κ1) is 17.6. The molecule has 4 nitrogen and oxygen atoms in total. The van der Waals surface area contributed by atoms with E-state index >= 15 is 0 Å². The molecule has 2 aliphatic rings. The maximum atomic E-state index is 12.7. The molecule has 2 aliphatic heterocycles. The average molecular weight is 369 g/mol. The van der Waals surface area contributed by atoms with E-state index in [1.807, 2.05) is 47.0 Å². The van der Waals surface area contributed by atoms with Crippen LogP contribution in [-0.2, 0) is 11.3 Å². The highest BCUT2D eigenvalue weighted by Gasteiger charge is 2.51. The van der Waals surface area contributed by atoms with E-state index < -0.39 is 0 Å². The van der Waals surface area contributed by atoms with Crippen LogP contribution in [0.2, 0.25) is 0 Å². The Morgan fingerprint density at radius 2 is 2.00 bits per heavy atom. The van der Waals surface area contributed by atoms with Gasteiger partial charge in [0.05, 0.1) is 17.5 Å². The van der Waals surface area contributed by atoms with Gasteiger partial charge in [0.1, 0.15) is 0 Å². The molecule has 1 atom stereocenters. The van der Waals surface area contributed by atoms with Crippen molar-refractivity contribution in [1.29, 1.82) is 0 Å². The lowest BCUT2D eigenvalue weighted by atomic mass is 9.92. The number of amides is 1. The van der Waals surface area contributed by atoms with E-state index in [0.29, 0.717) is 6.61 Å². The highest BCUT2D eigenvalue weighted by molar-refractivity contribution is 8.01. The summed E-state index contributed by atoms with van der Waals surface area (Å²) in [5, 5.41) is 0. The molecule has 0 saturated carbocycles. The van der Waals surface area contributed by atoms with Crippen molar-refractivity contribution in [2.24, 2.45) is 0 Å². The van der Waals surface area contributed by atoms with Gasteiger partial charge in [0, 0.05) is 36.8 Å². The van der Waals surface area contributed by atoms with Crippen molar-refractivity contribution in [3.8, 4) is 0 Å². The zero-order valence-corrected chi connectivity index (χ0v) is 16.1. The van der Waals surface area contributed by atoms with Crippen molar-refractivity contribution in [2.45, 2.75) is 37.7 Å². The fourth-order valence-corrected chi connectivity index (χ4v) is 5.22. The van der Waals surface area contributed by atoms with Crippen LogP contribution in [-0.4, -0.2) is 45.5 Å². The van der Waals surface area contributed by atoms with Gasteiger partial charge in [-0.3, -0.25) is 9.78 Å². The summed E-state index contributed by atoms with van der Waals surface area (Å²) in [5.41, 5.74) is 4.36. The van der Waals surface area contributed by atoms with Crippen molar-refractivity contribution in [1.82, 2.24) is 9.88 Å². The number of likely N-dealkylation sites (tertiary alicyclic amines) is 1. The van der Waals surface area contributed by atoms with E-state index in [2.05, 4.69) is 18.8 Å². The van der Waals surface area contributed by atoms with Gasteiger partial charge in [-0.15, -0.1) is 11.8 Å². The molecule has 1 aromatic heterocycles. The van der Waals surface area contributed by atoms with E-state index in [9.17, 15) is 4.79 Å². The first-order valence-electron chi connectivity index (χ1n) is 9.06. The third kappa shape index (κ3) is 3.51. The second-order valence-electron chi connectivity index (χ2n) is 7.45. The first-order chi connectivity index (χ1) is 12.5. The lowest BCUT2D eigenvalue weighted by Gasteiger charge is -2.47. The Bertz CT molecular complexity index is 803. The number of carbonyl (C=O) groups excluding carboxylic acids is 1. The van der Waals surface area contributed by atoms with Gasteiger partial charge < -0.3 is 9.64 Å². The SMILES string of the molecule is Cc1ccc(C(=O)N2CC3(C[C@H](OCc4ccncc4)CS3)C2)cc1C. The summed E-state index contributed by atoms with van der Waals surface area (Å²) in [6.45, 7) is 6.43. The molecular formula is C21H24N2O2S. The predicted molar refractivity (Wildman–Crippen MR) is 104 cm³/mol. The molecular weight excluding hydrogens is 344 g/mol. The average Bonchev–Trinajstić information content (AvgIpc) is 3.06. The lowest BCUT2D eigenvalue weighted by molar-refractivity contribution is 0.0255. The monoisotopic (exact) mass is 368 g/mol. The normalized spacial score (nSPS) is 21.0. The maximum Gasteiger partial charge on any atom is 0.253 e. The van der Waals surface area contributed by atoms with Crippen molar-refractivity contribution >= 4 is 17.7 Å². The lowest BCUT2D eigenvalue weighted by Crippen LogP contribution is -2.60. The molecule has 0 N–H and O–H groups in total. The van der Waals surface area contributed by atoms with Gasteiger partial charge in [0.15, 0.2) is 0 Å². The van der Waals surface area contributed by atoms with Crippen LogP contribution in [0.5, 0.6) is 0 Å². The molecule has 5 heteroatoms. The number of pyridine rings is 1. The van der Waals surface area contributed by atoms with Crippen molar-refractivity contribution in [2.75, 3.05) is 18.8 Å². The van der Waals surface area contributed by atoms with Crippen LogP contribution in [0.3, 0.4) is 0 Å². The number of carbonyl (C=O) groups is 1. The highest BCUT2D eigenvalue weighted by atomic mass is 32.2. The highest BCUT2D eigenvalue weighted by Crippen LogP contribution is 2.46. The van der Waals surface area contributed by atoms with Gasteiger partial charge in [-0.2, -0.15) is 0 Å². The standard InChI is InChI=1S/C21H24N2O2S/c1-15-3-4-18(9-16(15)2)20(24)23-13-21(14-23)10-19(12-26-21)25-11-17-5-7-22-8-6-17/h3-9,19H,10-14H2,1-2H3/t19-/m0/s1. The van der Waals surface area contributed by atoms with Crippen LogP contribution in [0.25, 0.3) is 0 Å². The number of benzene rings is 1. The Hall–Kier alpha value is -1.85. The van der Waals surface area contributed by atoms with Crippen LogP contribution in [0, 0.1) is 13.8 Å². The number of hydrogen-bond donors (Lipinski definition) is 0. The molecule has 3 heterocycles. The number of aryl methyl sites for hydroxylation is 2. The summed E-state index contributed by atoms with van der Waals surface area (Å²) in [4.78, 5) is 18.7. The zero-order valence-electron chi connectivity index (χ0n) is 15.3. The Labute approximate surface area is 159 Å². The molecule has 4 rings (SSSR count). The zero-order chi connectivity index (χ0) is 18.1. The molecule has 1 amide bonds. The number of nitrogens with zero attached hydrogens (tertiary/aromatic N) is 2. The Kier molecular flexibility index (Phi) is 4.76. The van der Waals surface area contributed by atoms with Crippen LogP contribution >= 0.6 is 11.8 Å². The van der Waals surface area contributed by atoms with Gasteiger partial charge in [0.2, 0.25) is 0 Å². The van der Waals surface area contributed by atoms with E-state index in [0.717, 1.165) is 36.4 Å². The summed E-state index contributed by atoms with van der Waals surface area (Å²) in [5.74, 6) is 1.16. The largest absolute Gasteiger partial charge is 0.373 e.